The van der Waals surface area contributed by atoms with Gasteiger partial charge in [0, 0.05) is 27.7 Å². The molecule has 0 radical (unpaired) electrons. The molecule has 0 unspecified atom stereocenters. The molecule has 1 saturated heterocycles. The fourth-order valence-corrected chi connectivity index (χ4v) is 4.09. The lowest BCUT2D eigenvalue weighted by Gasteiger charge is -2.34. The lowest BCUT2D eigenvalue weighted by Crippen LogP contribution is -3.13. The number of hydrogen-bond donors (Lipinski definition) is 1. The summed E-state index contributed by atoms with van der Waals surface area (Å²) in [6.45, 7) is 8.99. The third kappa shape index (κ3) is 3.73. The predicted octanol–water partition coefficient (Wildman–Crippen LogP) is 2.97. The van der Waals surface area contributed by atoms with E-state index < -0.39 is 0 Å². The standard InChI is InChI=1S/C22H23ClN2O2/c1-15-5-3-4-6-20(15)25-9-7-24(8-10-25)14-17-12-22(26)27-21-11-16(2)19(23)13-18(17)21/h3-6,11-13H,7-10,14H2,1-2H3/p+1. The van der Waals surface area contributed by atoms with Gasteiger partial charge in [-0.05, 0) is 43.2 Å². The molecule has 1 N–H and O–H groups in total. The van der Waals surface area contributed by atoms with E-state index in [0.717, 1.165) is 49.2 Å². The van der Waals surface area contributed by atoms with Crippen molar-refractivity contribution in [3.05, 3.63) is 74.6 Å². The van der Waals surface area contributed by atoms with Gasteiger partial charge in [-0.1, -0.05) is 29.8 Å². The molecule has 2 aromatic carbocycles. The van der Waals surface area contributed by atoms with Gasteiger partial charge in [-0.2, -0.15) is 0 Å². The van der Waals surface area contributed by atoms with E-state index in [2.05, 4.69) is 36.1 Å². The minimum absolute atomic E-state index is 0.294. The Morgan fingerprint density at radius 2 is 1.81 bits per heavy atom. The van der Waals surface area contributed by atoms with Crippen molar-refractivity contribution in [3.8, 4) is 0 Å². The number of quaternary nitrogens is 1. The molecule has 140 valence electrons. The summed E-state index contributed by atoms with van der Waals surface area (Å²) in [5.74, 6) is 0. The number of piperazine rings is 1. The number of benzene rings is 2. The first-order valence-corrected chi connectivity index (χ1v) is 9.76. The Balaban J connectivity index is 1.53. The number of para-hydroxylation sites is 1. The Labute approximate surface area is 164 Å². The van der Waals surface area contributed by atoms with Gasteiger partial charge >= 0.3 is 5.63 Å². The largest absolute Gasteiger partial charge is 0.423 e. The van der Waals surface area contributed by atoms with Gasteiger partial charge in [-0.25, -0.2) is 4.79 Å². The Morgan fingerprint density at radius 3 is 2.56 bits per heavy atom. The van der Waals surface area contributed by atoms with E-state index in [4.69, 9.17) is 16.0 Å². The molecule has 4 rings (SSSR count). The fourth-order valence-electron chi connectivity index (χ4n) is 3.92. The molecule has 0 amide bonds. The average molecular weight is 384 g/mol. The first-order valence-electron chi connectivity index (χ1n) is 9.38. The van der Waals surface area contributed by atoms with Crippen molar-refractivity contribution in [1.82, 2.24) is 0 Å². The van der Waals surface area contributed by atoms with Crippen LogP contribution in [0.2, 0.25) is 5.02 Å². The number of anilines is 1. The van der Waals surface area contributed by atoms with E-state index in [9.17, 15) is 4.79 Å². The second-order valence-electron chi connectivity index (χ2n) is 7.39. The molecule has 0 spiro atoms. The van der Waals surface area contributed by atoms with Crippen LogP contribution in [0.3, 0.4) is 0 Å². The molecule has 5 heteroatoms. The molecule has 0 saturated carbocycles. The van der Waals surface area contributed by atoms with Gasteiger partial charge < -0.3 is 14.2 Å². The molecular weight excluding hydrogens is 360 g/mol. The highest BCUT2D eigenvalue weighted by molar-refractivity contribution is 6.32. The van der Waals surface area contributed by atoms with Crippen LogP contribution in [0.15, 0.2) is 51.7 Å². The van der Waals surface area contributed by atoms with Crippen molar-refractivity contribution in [2.75, 3.05) is 31.1 Å². The van der Waals surface area contributed by atoms with E-state index in [0.29, 0.717) is 10.6 Å². The van der Waals surface area contributed by atoms with Crippen LogP contribution < -0.4 is 15.4 Å². The highest BCUT2D eigenvalue weighted by atomic mass is 35.5. The quantitative estimate of drug-likeness (QED) is 0.706. The second-order valence-corrected chi connectivity index (χ2v) is 7.80. The van der Waals surface area contributed by atoms with Gasteiger partial charge in [-0.15, -0.1) is 0 Å². The number of halogens is 1. The maximum Gasteiger partial charge on any atom is 0.336 e. The number of nitrogens with zero attached hydrogens (tertiary/aromatic N) is 1. The van der Waals surface area contributed by atoms with E-state index in [1.54, 1.807) is 6.07 Å². The maximum absolute atomic E-state index is 12.0. The van der Waals surface area contributed by atoms with Gasteiger partial charge in [0.15, 0.2) is 0 Å². The third-order valence-corrected chi connectivity index (χ3v) is 5.88. The van der Waals surface area contributed by atoms with Crippen molar-refractivity contribution in [2.45, 2.75) is 20.4 Å². The molecule has 27 heavy (non-hydrogen) atoms. The van der Waals surface area contributed by atoms with Crippen LogP contribution in [0.4, 0.5) is 5.69 Å². The Bertz CT molecular complexity index is 1040. The summed E-state index contributed by atoms with van der Waals surface area (Å²) >= 11 is 6.31. The zero-order valence-electron chi connectivity index (χ0n) is 15.7. The minimum atomic E-state index is -0.294. The summed E-state index contributed by atoms with van der Waals surface area (Å²) in [4.78, 5) is 15.9. The average Bonchev–Trinajstić information content (AvgIpc) is 2.64. The first-order chi connectivity index (χ1) is 13.0. The molecule has 1 aromatic heterocycles. The fraction of sp³-hybridized carbons (Fsp3) is 0.318. The summed E-state index contributed by atoms with van der Waals surface area (Å²) in [6.07, 6.45) is 0. The van der Waals surface area contributed by atoms with Crippen molar-refractivity contribution in [2.24, 2.45) is 0 Å². The number of fused-ring (bicyclic) bond motifs is 1. The van der Waals surface area contributed by atoms with E-state index in [1.807, 2.05) is 19.1 Å². The molecule has 1 fully saturated rings. The summed E-state index contributed by atoms with van der Waals surface area (Å²) < 4.78 is 5.38. The SMILES string of the molecule is Cc1cc2oc(=O)cc(C[NH+]3CCN(c4ccccc4C)CC3)c2cc1Cl. The van der Waals surface area contributed by atoms with Crippen LogP contribution in [-0.4, -0.2) is 26.2 Å². The van der Waals surface area contributed by atoms with E-state index >= 15 is 0 Å². The van der Waals surface area contributed by atoms with Crippen LogP contribution in [0, 0.1) is 13.8 Å². The molecule has 1 aliphatic heterocycles. The maximum atomic E-state index is 12.0. The van der Waals surface area contributed by atoms with Gasteiger partial charge in [0.25, 0.3) is 0 Å². The lowest BCUT2D eigenvalue weighted by molar-refractivity contribution is -0.914. The highest BCUT2D eigenvalue weighted by Gasteiger charge is 2.22. The summed E-state index contributed by atoms with van der Waals surface area (Å²) in [7, 11) is 0. The van der Waals surface area contributed by atoms with Crippen LogP contribution in [0.25, 0.3) is 11.0 Å². The molecule has 3 aromatic rings. The number of hydrogen-bond acceptors (Lipinski definition) is 3. The summed E-state index contributed by atoms with van der Waals surface area (Å²) in [5, 5.41) is 1.65. The van der Waals surface area contributed by atoms with Crippen molar-refractivity contribution >= 4 is 28.3 Å². The topological polar surface area (TPSA) is 37.9 Å². The number of aryl methyl sites for hydroxylation is 2. The normalized spacial score (nSPS) is 15.4. The van der Waals surface area contributed by atoms with Gasteiger partial charge in [0.2, 0.25) is 0 Å². The second kappa shape index (κ2) is 7.37. The molecular formula is C22H24ClN2O2+. The van der Waals surface area contributed by atoms with Crippen LogP contribution >= 0.6 is 11.6 Å². The van der Waals surface area contributed by atoms with Crippen LogP contribution in [0.5, 0.6) is 0 Å². The van der Waals surface area contributed by atoms with E-state index in [1.165, 1.54) is 16.2 Å². The monoisotopic (exact) mass is 383 g/mol. The smallest absolute Gasteiger partial charge is 0.336 e. The third-order valence-electron chi connectivity index (χ3n) is 5.48. The molecule has 0 bridgehead atoms. The number of nitrogens with one attached hydrogen (secondary N) is 1. The molecule has 0 atom stereocenters. The summed E-state index contributed by atoms with van der Waals surface area (Å²) in [5.41, 5.74) is 4.91. The molecule has 1 aliphatic rings. The predicted molar refractivity (Wildman–Crippen MR) is 110 cm³/mol. The Morgan fingerprint density at radius 1 is 1.07 bits per heavy atom. The zero-order chi connectivity index (χ0) is 19.0. The highest BCUT2D eigenvalue weighted by Crippen LogP contribution is 2.25. The van der Waals surface area contributed by atoms with Gasteiger partial charge in [0.05, 0.1) is 26.2 Å². The van der Waals surface area contributed by atoms with Crippen LogP contribution in [0.1, 0.15) is 16.7 Å². The Hall–Kier alpha value is -2.30. The van der Waals surface area contributed by atoms with Crippen molar-refractivity contribution in [3.63, 3.8) is 0 Å². The first kappa shape index (κ1) is 18.1. The van der Waals surface area contributed by atoms with Gasteiger partial charge in [0.1, 0.15) is 12.1 Å². The lowest BCUT2D eigenvalue weighted by atomic mass is 10.1. The molecule has 0 aliphatic carbocycles. The molecule has 4 nitrogen and oxygen atoms in total. The Kier molecular flexibility index (Phi) is 4.94. The minimum Gasteiger partial charge on any atom is -0.423 e. The zero-order valence-corrected chi connectivity index (χ0v) is 16.5. The van der Waals surface area contributed by atoms with Crippen molar-refractivity contribution < 1.29 is 9.32 Å². The van der Waals surface area contributed by atoms with Gasteiger partial charge in [-0.3, -0.25) is 0 Å². The van der Waals surface area contributed by atoms with Crippen molar-refractivity contribution in [1.29, 1.82) is 0 Å². The van der Waals surface area contributed by atoms with Crippen LogP contribution in [-0.2, 0) is 6.54 Å². The number of rotatable bonds is 3. The molecule has 2 heterocycles. The summed E-state index contributed by atoms with van der Waals surface area (Å²) in [6, 6.07) is 13.9. The van der Waals surface area contributed by atoms with E-state index in [-0.39, 0.29) is 5.63 Å².